The fraction of sp³-hybridized carbons (Fsp3) is 0.533. The van der Waals surface area contributed by atoms with Gasteiger partial charge in [0.2, 0.25) is 0 Å². The summed E-state index contributed by atoms with van der Waals surface area (Å²) in [4.78, 5) is 9.93. The number of nitrogens with two attached hydrogens (primary N) is 2. The van der Waals surface area contributed by atoms with Crippen LogP contribution in [0.15, 0.2) is 24.3 Å². The molecule has 5 nitrogen and oxygen atoms in total. The molecule has 2 rings (SSSR count). The second kappa shape index (κ2) is 8.55. The van der Waals surface area contributed by atoms with Gasteiger partial charge in [-0.15, -0.1) is 0 Å². The first-order valence-electron chi connectivity index (χ1n) is 6.80. The van der Waals surface area contributed by atoms with E-state index in [-0.39, 0.29) is 6.10 Å². The fourth-order valence-corrected chi connectivity index (χ4v) is 1.79. The topological polar surface area (TPSA) is 98.6 Å². The zero-order valence-electron chi connectivity index (χ0n) is 12.7. The molecule has 0 atom stereocenters. The minimum atomic E-state index is -0.953. The summed E-state index contributed by atoms with van der Waals surface area (Å²) < 4.78 is 4.35. The quantitative estimate of drug-likeness (QED) is 0.685. The van der Waals surface area contributed by atoms with Gasteiger partial charge >= 0.3 is 6.09 Å². The lowest BCUT2D eigenvalue weighted by molar-refractivity contribution is 0.0508. The number of aliphatic hydroxyl groups excluding tert-OH is 1. The molecule has 0 heterocycles. The molecule has 1 aromatic rings. The fourth-order valence-electron chi connectivity index (χ4n) is 1.79. The van der Waals surface area contributed by atoms with Crippen LogP contribution in [0.2, 0.25) is 0 Å². The number of hydrogen-bond acceptors (Lipinski definition) is 4. The Hall–Kier alpha value is -1.59. The number of rotatable bonds is 1. The zero-order chi connectivity index (χ0) is 15.8. The molecule has 20 heavy (non-hydrogen) atoms. The van der Waals surface area contributed by atoms with Crippen LogP contribution in [0.4, 0.5) is 4.79 Å². The lowest BCUT2D eigenvalue weighted by Crippen LogP contribution is -2.39. The molecule has 114 valence electrons. The number of hydrogen-bond donors (Lipinski definition) is 3. The van der Waals surface area contributed by atoms with Crippen LogP contribution in [-0.2, 0) is 17.6 Å². The van der Waals surface area contributed by atoms with Gasteiger partial charge in [0.05, 0.1) is 6.10 Å². The number of carbonyl (C=O) groups is 1. The highest BCUT2D eigenvalue weighted by Crippen LogP contribution is 2.20. The first-order valence-corrected chi connectivity index (χ1v) is 6.80. The monoisotopic (exact) mass is 282 g/mol. The van der Waals surface area contributed by atoms with Crippen molar-refractivity contribution in [3.63, 3.8) is 0 Å². The van der Waals surface area contributed by atoms with Crippen LogP contribution in [0.1, 0.15) is 38.8 Å². The van der Waals surface area contributed by atoms with Gasteiger partial charge in [-0.1, -0.05) is 38.1 Å². The van der Waals surface area contributed by atoms with E-state index >= 15 is 0 Å². The minimum absolute atomic E-state index is 0.127. The minimum Gasteiger partial charge on any atom is -0.429 e. The molecule has 0 fully saturated rings. The second-order valence-corrected chi connectivity index (χ2v) is 4.86. The number of amides is 1. The standard InChI is InChI=1S/C9H10O.C4H10N2O2.C2H6/c10-9-5-7-3-1-2-4-8(7)6-9;1-4(2,6)8-3(5)7;1-2/h1-4,9-10H,5-6H2;6H2,1-2H3,(H2,5,7);1-2H3. The Balaban J connectivity index is 0.000000330. The normalized spacial score (nSPS) is 13.3. The molecule has 0 aromatic heterocycles. The molecule has 0 saturated carbocycles. The van der Waals surface area contributed by atoms with Crippen molar-refractivity contribution >= 4 is 6.09 Å². The molecular weight excluding hydrogens is 256 g/mol. The third-order valence-electron chi connectivity index (χ3n) is 2.39. The summed E-state index contributed by atoms with van der Waals surface area (Å²) >= 11 is 0. The van der Waals surface area contributed by atoms with Crippen LogP contribution in [-0.4, -0.2) is 23.0 Å². The predicted octanol–water partition coefficient (Wildman–Crippen LogP) is 1.95. The van der Waals surface area contributed by atoms with Crippen molar-refractivity contribution in [2.24, 2.45) is 11.5 Å². The Morgan fingerprint density at radius 3 is 1.90 bits per heavy atom. The average Bonchev–Trinajstić information content (AvgIpc) is 2.69. The molecule has 0 saturated heterocycles. The SMILES string of the molecule is CC.CC(C)(N)OC(N)=O.OC1Cc2ccccc2C1. The average molecular weight is 282 g/mol. The number of ether oxygens (including phenoxy) is 1. The lowest BCUT2D eigenvalue weighted by Gasteiger charge is -2.16. The number of primary amides is 1. The van der Waals surface area contributed by atoms with Crippen molar-refractivity contribution in [1.29, 1.82) is 0 Å². The largest absolute Gasteiger partial charge is 0.429 e. The number of carbonyl (C=O) groups excluding carboxylic acids is 1. The van der Waals surface area contributed by atoms with Gasteiger partial charge < -0.3 is 15.6 Å². The molecular formula is C15H26N2O3. The Morgan fingerprint density at radius 2 is 1.65 bits per heavy atom. The van der Waals surface area contributed by atoms with Crippen molar-refractivity contribution in [2.75, 3.05) is 0 Å². The van der Waals surface area contributed by atoms with E-state index in [0.29, 0.717) is 0 Å². The van der Waals surface area contributed by atoms with Gasteiger partial charge in [-0.2, -0.15) is 0 Å². The first kappa shape index (κ1) is 18.4. The molecule has 0 unspecified atom stereocenters. The van der Waals surface area contributed by atoms with Gasteiger partial charge in [-0.3, -0.25) is 5.73 Å². The van der Waals surface area contributed by atoms with Crippen LogP contribution in [0.5, 0.6) is 0 Å². The van der Waals surface area contributed by atoms with Crippen molar-refractivity contribution in [3.8, 4) is 0 Å². The molecule has 1 aromatic carbocycles. The van der Waals surface area contributed by atoms with E-state index in [2.05, 4.69) is 22.6 Å². The summed E-state index contributed by atoms with van der Waals surface area (Å²) in [5, 5.41) is 9.25. The second-order valence-electron chi connectivity index (χ2n) is 4.86. The van der Waals surface area contributed by atoms with Crippen molar-refractivity contribution in [1.82, 2.24) is 0 Å². The van der Waals surface area contributed by atoms with E-state index in [1.54, 1.807) is 0 Å². The molecule has 1 amide bonds. The smallest absolute Gasteiger partial charge is 0.406 e. The summed E-state index contributed by atoms with van der Waals surface area (Å²) in [7, 11) is 0. The molecule has 5 N–H and O–H groups in total. The summed E-state index contributed by atoms with van der Waals surface area (Å²) in [6.07, 6.45) is 0.710. The Kier molecular flexibility index (Phi) is 7.87. The summed E-state index contributed by atoms with van der Waals surface area (Å²) in [5.41, 5.74) is 11.5. The van der Waals surface area contributed by atoms with E-state index in [1.807, 2.05) is 26.0 Å². The van der Waals surface area contributed by atoms with Crippen molar-refractivity contribution in [3.05, 3.63) is 35.4 Å². The molecule has 0 radical (unpaired) electrons. The first-order chi connectivity index (χ1) is 9.28. The van der Waals surface area contributed by atoms with Crippen LogP contribution in [0, 0.1) is 0 Å². The van der Waals surface area contributed by atoms with Crippen LogP contribution < -0.4 is 11.5 Å². The Labute approximate surface area is 120 Å². The highest BCUT2D eigenvalue weighted by atomic mass is 16.6. The van der Waals surface area contributed by atoms with Gasteiger partial charge in [0, 0.05) is 0 Å². The van der Waals surface area contributed by atoms with E-state index < -0.39 is 11.8 Å². The molecule has 1 aliphatic rings. The van der Waals surface area contributed by atoms with Gasteiger partial charge in [-0.05, 0) is 37.8 Å². The van der Waals surface area contributed by atoms with E-state index in [1.165, 1.54) is 25.0 Å². The van der Waals surface area contributed by atoms with Crippen LogP contribution >= 0.6 is 0 Å². The summed E-state index contributed by atoms with van der Waals surface area (Å²) in [6.45, 7) is 7.08. The molecule has 0 aliphatic heterocycles. The highest BCUT2D eigenvalue weighted by Gasteiger charge is 2.17. The van der Waals surface area contributed by atoms with Gasteiger partial charge in [0.25, 0.3) is 0 Å². The van der Waals surface area contributed by atoms with E-state index in [0.717, 1.165) is 12.8 Å². The van der Waals surface area contributed by atoms with Gasteiger partial charge in [0.15, 0.2) is 5.72 Å². The van der Waals surface area contributed by atoms with E-state index in [4.69, 9.17) is 5.73 Å². The molecule has 1 aliphatic carbocycles. The Morgan fingerprint density at radius 1 is 1.25 bits per heavy atom. The van der Waals surface area contributed by atoms with Gasteiger partial charge in [-0.25, -0.2) is 4.79 Å². The van der Waals surface area contributed by atoms with E-state index in [9.17, 15) is 9.90 Å². The number of fused-ring (bicyclic) bond motifs is 1. The number of benzene rings is 1. The van der Waals surface area contributed by atoms with Crippen molar-refractivity contribution < 1.29 is 14.6 Å². The van der Waals surface area contributed by atoms with Crippen LogP contribution in [0.3, 0.4) is 0 Å². The zero-order valence-corrected chi connectivity index (χ0v) is 12.7. The van der Waals surface area contributed by atoms with Gasteiger partial charge in [0.1, 0.15) is 0 Å². The lowest BCUT2D eigenvalue weighted by atomic mass is 10.1. The number of aliphatic hydroxyl groups is 1. The molecule has 0 bridgehead atoms. The third-order valence-corrected chi connectivity index (χ3v) is 2.39. The Bertz CT molecular complexity index is 389. The highest BCUT2D eigenvalue weighted by molar-refractivity contribution is 5.65. The van der Waals surface area contributed by atoms with Crippen LogP contribution in [0.25, 0.3) is 0 Å². The summed E-state index contributed by atoms with van der Waals surface area (Å²) in [5.74, 6) is 0. The predicted molar refractivity (Wildman–Crippen MR) is 80.1 cm³/mol. The maximum Gasteiger partial charge on any atom is 0.406 e. The third kappa shape index (κ3) is 7.76. The molecule has 0 spiro atoms. The maximum atomic E-state index is 9.93. The maximum absolute atomic E-state index is 9.93. The van der Waals surface area contributed by atoms with Crippen molar-refractivity contribution in [2.45, 2.75) is 52.4 Å². The molecule has 5 heteroatoms. The summed E-state index contributed by atoms with van der Waals surface area (Å²) in [6, 6.07) is 8.23.